The van der Waals surface area contributed by atoms with E-state index in [0.29, 0.717) is 10.8 Å². The van der Waals surface area contributed by atoms with Crippen molar-refractivity contribution in [3.05, 3.63) is 11.4 Å². The number of aromatic nitrogens is 3. The van der Waals surface area contributed by atoms with Crippen molar-refractivity contribution in [3.63, 3.8) is 0 Å². The average Bonchev–Trinajstić information content (AvgIpc) is 2.59. The van der Waals surface area contributed by atoms with Gasteiger partial charge in [0.05, 0.1) is 11.4 Å². The van der Waals surface area contributed by atoms with Gasteiger partial charge in [0, 0.05) is 7.05 Å². The number of rotatable bonds is 0. The third-order valence-corrected chi connectivity index (χ3v) is 5.92. The largest absolute Gasteiger partial charge is 0.252 e. The van der Waals surface area contributed by atoms with Crippen molar-refractivity contribution in [3.8, 4) is 0 Å². The van der Waals surface area contributed by atoms with Crippen molar-refractivity contribution in [2.75, 3.05) is 0 Å². The Kier molecular flexibility index (Phi) is 1.85. The molecule has 1 fully saturated rings. The maximum absolute atomic E-state index is 4.30. The molecular formula is C13H21N3. The molecule has 1 aromatic heterocycles. The van der Waals surface area contributed by atoms with Crippen LogP contribution in [0.4, 0.5) is 0 Å². The molecule has 2 aliphatic rings. The second-order valence-corrected chi connectivity index (χ2v) is 6.16. The molecule has 3 nitrogen and oxygen atoms in total. The third-order valence-electron chi connectivity index (χ3n) is 5.92. The van der Waals surface area contributed by atoms with Crippen LogP contribution in [0.15, 0.2) is 0 Å². The second kappa shape index (κ2) is 2.88. The first-order valence-electron chi connectivity index (χ1n) is 6.36. The molecule has 3 heteroatoms. The van der Waals surface area contributed by atoms with Gasteiger partial charge >= 0.3 is 0 Å². The fourth-order valence-electron chi connectivity index (χ4n) is 3.92. The second-order valence-electron chi connectivity index (χ2n) is 6.16. The van der Waals surface area contributed by atoms with E-state index in [-0.39, 0.29) is 0 Å². The van der Waals surface area contributed by atoms with Gasteiger partial charge in [0.25, 0.3) is 0 Å². The van der Waals surface area contributed by atoms with Crippen molar-refractivity contribution < 1.29 is 0 Å². The van der Waals surface area contributed by atoms with E-state index in [9.17, 15) is 0 Å². The van der Waals surface area contributed by atoms with Crippen LogP contribution in [0.1, 0.15) is 45.0 Å². The lowest BCUT2D eigenvalue weighted by atomic mass is 9.84. The summed E-state index contributed by atoms with van der Waals surface area (Å²) in [6.45, 7) is 7.34. The van der Waals surface area contributed by atoms with Gasteiger partial charge in [-0.2, -0.15) is 0 Å². The first kappa shape index (κ1) is 10.3. The molecule has 0 bridgehead atoms. The molecule has 1 aromatic rings. The van der Waals surface area contributed by atoms with Gasteiger partial charge in [-0.1, -0.05) is 26.0 Å². The summed E-state index contributed by atoms with van der Waals surface area (Å²) in [5, 5.41) is 8.46. The molecule has 88 valence electrons. The van der Waals surface area contributed by atoms with Gasteiger partial charge in [-0.3, -0.25) is 4.68 Å². The minimum Gasteiger partial charge on any atom is -0.252 e. The van der Waals surface area contributed by atoms with Gasteiger partial charge in [-0.15, -0.1) is 5.10 Å². The smallest absolute Gasteiger partial charge is 0.0859 e. The van der Waals surface area contributed by atoms with E-state index in [1.807, 2.05) is 11.7 Å². The molecule has 0 radical (unpaired) electrons. The standard InChI is InChI=1S/C13H21N3/c1-9-12(2)7-5-10-11(16(4)15-14-10)6-8-13(9,12)3/h9H,5-8H2,1-4H3/t9-,12+,13-/m0/s1. The Labute approximate surface area is 97.2 Å². The monoisotopic (exact) mass is 219 g/mol. The van der Waals surface area contributed by atoms with E-state index in [0.717, 1.165) is 18.8 Å². The van der Waals surface area contributed by atoms with Crippen molar-refractivity contribution in [2.45, 2.75) is 46.5 Å². The van der Waals surface area contributed by atoms with E-state index >= 15 is 0 Å². The van der Waals surface area contributed by atoms with Crippen LogP contribution in [0, 0.1) is 16.7 Å². The van der Waals surface area contributed by atoms with Crippen LogP contribution in [0.25, 0.3) is 0 Å². The van der Waals surface area contributed by atoms with E-state index in [4.69, 9.17) is 0 Å². The summed E-state index contributed by atoms with van der Waals surface area (Å²) in [7, 11) is 2.02. The molecule has 1 saturated carbocycles. The van der Waals surface area contributed by atoms with Crippen LogP contribution in [0.2, 0.25) is 0 Å². The molecule has 0 saturated heterocycles. The van der Waals surface area contributed by atoms with Gasteiger partial charge in [0.1, 0.15) is 0 Å². The fraction of sp³-hybridized carbons (Fsp3) is 0.846. The fourth-order valence-corrected chi connectivity index (χ4v) is 3.92. The van der Waals surface area contributed by atoms with Crippen molar-refractivity contribution >= 4 is 0 Å². The van der Waals surface area contributed by atoms with E-state index in [1.54, 1.807) is 0 Å². The van der Waals surface area contributed by atoms with E-state index in [2.05, 4.69) is 31.1 Å². The summed E-state index contributed by atoms with van der Waals surface area (Å²) in [4.78, 5) is 0. The quantitative estimate of drug-likeness (QED) is 0.670. The highest BCUT2D eigenvalue weighted by Gasteiger charge is 2.67. The highest BCUT2D eigenvalue weighted by atomic mass is 15.4. The Bertz CT molecular complexity index is 436. The number of fused-ring (bicyclic) bond motifs is 2. The summed E-state index contributed by atoms with van der Waals surface area (Å²) in [5.41, 5.74) is 3.70. The van der Waals surface area contributed by atoms with Gasteiger partial charge in [-0.05, 0) is 42.4 Å². The summed E-state index contributed by atoms with van der Waals surface area (Å²) in [6, 6.07) is 0. The van der Waals surface area contributed by atoms with Gasteiger partial charge in [0.2, 0.25) is 0 Å². The molecule has 3 rings (SSSR count). The summed E-state index contributed by atoms with van der Waals surface area (Å²) in [6.07, 6.45) is 4.82. The molecule has 0 amide bonds. The molecular weight excluding hydrogens is 198 g/mol. The van der Waals surface area contributed by atoms with Crippen molar-refractivity contribution in [1.29, 1.82) is 0 Å². The van der Waals surface area contributed by atoms with Crippen LogP contribution in [0.3, 0.4) is 0 Å². The van der Waals surface area contributed by atoms with Crippen LogP contribution in [-0.4, -0.2) is 15.0 Å². The number of hydrogen-bond donors (Lipinski definition) is 0. The predicted octanol–water partition coefficient (Wildman–Crippen LogP) is 2.36. The zero-order valence-electron chi connectivity index (χ0n) is 10.7. The van der Waals surface area contributed by atoms with E-state index in [1.165, 1.54) is 24.2 Å². The first-order chi connectivity index (χ1) is 7.49. The van der Waals surface area contributed by atoms with Crippen molar-refractivity contribution in [2.24, 2.45) is 23.8 Å². The highest BCUT2D eigenvalue weighted by molar-refractivity contribution is 5.22. The molecule has 0 N–H and O–H groups in total. The minimum atomic E-state index is 0.544. The van der Waals surface area contributed by atoms with Gasteiger partial charge in [0.15, 0.2) is 0 Å². The summed E-state index contributed by atoms with van der Waals surface area (Å²) < 4.78 is 1.97. The van der Waals surface area contributed by atoms with Crippen LogP contribution in [0.5, 0.6) is 0 Å². The Morgan fingerprint density at radius 3 is 2.50 bits per heavy atom. The highest BCUT2D eigenvalue weighted by Crippen LogP contribution is 2.73. The first-order valence-corrected chi connectivity index (χ1v) is 6.36. The van der Waals surface area contributed by atoms with Gasteiger partial charge < -0.3 is 0 Å². The number of nitrogens with zero attached hydrogens (tertiary/aromatic N) is 3. The molecule has 0 unspecified atom stereocenters. The number of aryl methyl sites for hydroxylation is 2. The molecule has 1 heterocycles. The minimum absolute atomic E-state index is 0.544. The Hall–Kier alpha value is -0.860. The Morgan fingerprint density at radius 2 is 1.81 bits per heavy atom. The lowest BCUT2D eigenvalue weighted by molar-refractivity contribution is 0.333. The molecule has 0 aromatic carbocycles. The molecule has 0 spiro atoms. The molecule has 2 aliphatic carbocycles. The van der Waals surface area contributed by atoms with Gasteiger partial charge in [-0.25, -0.2) is 0 Å². The molecule has 3 atom stereocenters. The van der Waals surface area contributed by atoms with Crippen molar-refractivity contribution in [1.82, 2.24) is 15.0 Å². The number of hydrogen-bond acceptors (Lipinski definition) is 2. The maximum atomic E-state index is 4.30. The van der Waals surface area contributed by atoms with Crippen LogP contribution in [-0.2, 0) is 19.9 Å². The average molecular weight is 219 g/mol. The van der Waals surface area contributed by atoms with Crippen LogP contribution < -0.4 is 0 Å². The Morgan fingerprint density at radius 1 is 1.19 bits per heavy atom. The normalized spacial score (nSPS) is 41.9. The summed E-state index contributed by atoms with van der Waals surface area (Å²) >= 11 is 0. The lowest BCUT2D eigenvalue weighted by Gasteiger charge is -2.21. The summed E-state index contributed by atoms with van der Waals surface area (Å²) in [5.74, 6) is 0.863. The zero-order valence-corrected chi connectivity index (χ0v) is 10.7. The lowest BCUT2D eigenvalue weighted by Crippen LogP contribution is -2.15. The predicted molar refractivity (Wildman–Crippen MR) is 63.0 cm³/mol. The van der Waals surface area contributed by atoms with E-state index < -0.39 is 0 Å². The third kappa shape index (κ3) is 1.04. The zero-order chi connectivity index (χ0) is 11.6. The topological polar surface area (TPSA) is 30.7 Å². The molecule has 16 heavy (non-hydrogen) atoms. The molecule has 0 aliphatic heterocycles. The Balaban J connectivity index is 1.94. The SMILES string of the molecule is C[C@@H]1[C@]2(C)CCc3c(nnn3C)CC[C@]12C. The maximum Gasteiger partial charge on any atom is 0.0859 e. The van der Waals surface area contributed by atoms with Crippen LogP contribution >= 0.6 is 0 Å².